The van der Waals surface area contributed by atoms with E-state index in [1.54, 1.807) is 11.8 Å². The van der Waals surface area contributed by atoms with Gasteiger partial charge in [0.1, 0.15) is 0 Å². The number of amides is 1. The molecule has 0 radical (unpaired) electrons. The van der Waals surface area contributed by atoms with Crippen molar-refractivity contribution in [3.8, 4) is 0 Å². The van der Waals surface area contributed by atoms with Gasteiger partial charge in [-0.25, -0.2) is 0 Å². The topological polar surface area (TPSA) is 41.1 Å². The Balaban J connectivity index is 1.53. The zero-order valence-electron chi connectivity index (χ0n) is 12.9. The third-order valence-electron chi connectivity index (χ3n) is 3.95. The van der Waals surface area contributed by atoms with Crippen molar-refractivity contribution in [1.82, 2.24) is 10.6 Å². The van der Waals surface area contributed by atoms with Gasteiger partial charge in [0.05, 0.1) is 0 Å². The highest BCUT2D eigenvalue weighted by Crippen LogP contribution is 2.18. The first kappa shape index (κ1) is 16.4. The lowest BCUT2D eigenvalue weighted by Gasteiger charge is -2.22. The van der Waals surface area contributed by atoms with Crippen LogP contribution in [0.25, 0.3) is 0 Å². The maximum atomic E-state index is 11.8. The molecule has 2 N–H and O–H groups in total. The number of carbonyl (C=O) groups is 1. The molecule has 1 fully saturated rings. The Kier molecular flexibility index (Phi) is 7.10. The molecule has 4 heteroatoms. The number of aryl methyl sites for hydroxylation is 1. The summed E-state index contributed by atoms with van der Waals surface area (Å²) in [5.41, 5.74) is 1.28. The molecular formula is C17H26N2OS. The largest absolute Gasteiger partial charge is 0.355 e. The molecule has 1 aromatic carbocycles. The number of carbonyl (C=O) groups excluding carboxylic acids is 1. The minimum Gasteiger partial charge on any atom is -0.355 e. The van der Waals surface area contributed by atoms with Gasteiger partial charge in [0.25, 0.3) is 0 Å². The van der Waals surface area contributed by atoms with E-state index in [2.05, 4.69) is 41.8 Å². The van der Waals surface area contributed by atoms with Gasteiger partial charge in [-0.3, -0.25) is 4.79 Å². The summed E-state index contributed by atoms with van der Waals surface area (Å²) < 4.78 is 0. The molecule has 0 unspecified atom stereocenters. The molecular weight excluding hydrogens is 280 g/mol. The van der Waals surface area contributed by atoms with E-state index in [4.69, 9.17) is 0 Å². The maximum Gasteiger partial charge on any atom is 0.220 e. The summed E-state index contributed by atoms with van der Waals surface area (Å²) in [6, 6.07) is 8.53. The van der Waals surface area contributed by atoms with Gasteiger partial charge in [-0.2, -0.15) is 0 Å². The Morgan fingerprint density at radius 2 is 2.00 bits per heavy atom. The van der Waals surface area contributed by atoms with Gasteiger partial charge < -0.3 is 10.6 Å². The molecule has 3 nitrogen and oxygen atoms in total. The van der Waals surface area contributed by atoms with Crippen LogP contribution in [0.2, 0.25) is 0 Å². The first-order valence-electron chi connectivity index (χ1n) is 7.91. The molecule has 1 aliphatic heterocycles. The Bertz CT molecular complexity index is 427. The van der Waals surface area contributed by atoms with Crippen LogP contribution in [0.3, 0.4) is 0 Å². The molecule has 0 saturated carbocycles. The fourth-order valence-electron chi connectivity index (χ4n) is 2.59. The lowest BCUT2D eigenvalue weighted by molar-refractivity contribution is -0.121. The number of rotatable bonds is 7. The summed E-state index contributed by atoms with van der Waals surface area (Å²) in [5.74, 6) is 1.87. The Labute approximate surface area is 132 Å². The number of thioether (sulfide) groups is 1. The van der Waals surface area contributed by atoms with Crippen LogP contribution in [0.1, 0.15) is 31.2 Å². The molecule has 1 heterocycles. The summed E-state index contributed by atoms with van der Waals surface area (Å²) in [6.07, 6.45) is 4.16. The minimum atomic E-state index is 0.207. The highest BCUT2D eigenvalue weighted by Gasteiger charge is 2.14. The second kappa shape index (κ2) is 9.11. The van der Waals surface area contributed by atoms with Gasteiger partial charge in [0, 0.05) is 23.6 Å². The quantitative estimate of drug-likeness (QED) is 0.601. The summed E-state index contributed by atoms with van der Waals surface area (Å²) in [6.45, 7) is 5.07. The lowest BCUT2D eigenvalue weighted by atomic mass is 9.93. The molecule has 0 spiro atoms. The van der Waals surface area contributed by atoms with E-state index in [1.807, 2.05) is 0 Å². The van der Waals surface area contributed by atoms with Crippen molar-refractivity contribution in [3.05, 3.63) is 29.8 Å². The zero-order chi connectivity index (χ0) is 14.9. The molecule has 0 aromatic heterocycles. The number of hydrogen-bond acceptors (Lipinski definition) is 3. The van der Waals surface area contributed by atoms with Crippen molar-refractivity contribution in [1.29, 1.82) is 0 Å². The summed E-state index contributed by atoms with van der Waals surface area (Å²) in [5, 5.41) is 6.39. The van der Waals surface area contributed by atoms with Crippen LogP contribution in [0.4, 0.5) is 0 Å². The summed E-state index contributed by atoms with van der Waals surface area (Å²) in [4.78, 5) is 13.1. The standard InChI is InChI=1S/C17H26N2OS/c1-14-2-5-16(6-3-14)21-13-12-19-17(20)7-4-15-8-10-18-11-9-15/h2-3,5-6,15,18H,4,7-13H2,1H3,(H,19,20). The van der Waals surface area contributed by atoms with E-state index < -0.39 is 0 Å². The highest BCUT2D eigenvalue weighted by molar-refractivity contribution is 7.99. The van der Waals surface area contributed by atoms with Crippen molar-refractivity contribution in [3.63, 3.8) is 0 Å². The maximum absolute atomic E-state index is 11.8. The SMILES string of the molecule is Cc1ccc(SCCNC(=O)CCC2CCNCC2)cc1. The third-order valence-corrected chi connectivity index (χ3v) is 4.97. The second-order valence-electron chi connectivity index (χ2n) is 5.74. The smallest absolute Gasteiger partial charge is 0.220 e. The molecule has 1 amide bonds. The molecule has 2 rings (SSSR count). The Hall–Kier alpha value is -1.00. The average molecular weight is 306 g/mol. The van der Waals surface area contributed by atoms with Crippen LogP contribution >= 0.6 is 11.8 Å². The van der Waals surface area contributed by atoms with Gasteiger partial charge in [0.2, 0.25) is 5.91 Å². The van der Waals surface area contributed by atoms with Crippen molar-refractivity contribution in [2.45, 2.75) is 37.5 Å². The van der Waals surface area contributed by atoms with Gasteiger partial charge in [-0.05, 0) is 57.3 Å². The van der Waals surface area contributed by atoms with Crippen molar-refractivity contribution in [2.24, 2.45) is 5.92 Å². The monoisotopic (exact) mass is 306 g/mol. The van der Waals surface area contributed by atoms with Crippen LogP contribution in [-0.2, 0) is 4.79 Å². The summed E-state index contributed by atoms with van der Waals surface area (Å²) >= 11 is 1.79. The van der Waals surface area contributed by atoms with E-state index in [9.17, 15) is 4.79 Å². The van der Waals surface area contributed by atoms with Crippen LogP contribution in [-0.4, -0.2) is 31.3 Å². The van der Waals surface area contributed by atoms with E-state index in [0.29, 0.717) is 6.42 Å². The highest BCUT2D eigenvalue weighted by atomic mass is 32.2. The first-order valence-corrected chi connectivity index (χ1v) is 8.89. The average Bonchev–Trinajstić information content (AvgIpc) is 2.52. The van der Waals surface area contributed by atoms with E-state index in [0.717, 1.165) is 37.7 Å². The van der Waals surface area contributed by atoms with Crippen LogP contribution in [0.15, 0.2) is 29.2 Å². The van der Waals surface area contributed by atoms with Crippen LogP contribution in [0.5, 0.6) is 0 Å². The predicted molar refractivity (Wildman–Crippen MR) is 89.7 cm³/mol. The number of hydrogen-bond donors (Lipinski definition) is 2. The number of piperidine rings is 1. The molecule has 21 heavy (non-hydrogen) atoms. The normalized spacial score (nSPS) is 15.9. The van der Waals surface area contributed by atoms with Crippen molar-refractivity contribution < 1.29 is 4.79 Å². The molecule has 0 atom stereocenters. The van der Waals surface area contributed by atoms with Crippen molar-refractivity contribution in [2.75, 3.05) is 25.4 Å². The molecule has 0 bridgehead atoms. The third kappa shape index (κ3) is 6.53. The molecule has 1 aromatic rings. The second-order valence-corrected chi connectivity index (χ2v) is 6.91. The van der Waals surface area contributed by atoms with E-state index in [-0.39, 0.29) is 5.91 Å². The van der Waals surface area contributed by atoms with Gasteiger partial charge in [-0.15, -0.1) is 11.8 Å². The lowest BCUT2D eigenvalue weighted by Crippen LogP contribution is -2.30. The predicted octanol–water partition coefficient (Wildman–Crippen LogP) is 2.98. The van der Waals surface area contributed by atoms with Gasteiger partial charge >= 0.3 is 0 Å². The van der Waals surface area contributed by atoms with Crippen LogP contribution in [0, 0.1) is 12.8 Å². The Morgan fingerprint density at radius 3 is 2.71 bits per heavy atom. The number of nitrogens with one attached hydrogen (secondary N) is 2. The Morgan fingerprint density at radius 1 is 1.29 bits per heavy atom. The van der Waals surface area contributed by atoms with Crippen molar-refractivity contribution >= 4 is 17.7 Å². The van der Waals surface area contributed by atoms with Gasteiger partial charge in [0.15, 0.2) is 0 Å². The molecule has 116 valence electrons. The minimum absolute atomic E-state index is 0.207. The molecule has 1 aliphatic rings. The summed E-state index contributed by atoms with van der Waals surface area (Å²) in [7, 11) is 0. The van der Waals surface area contributed by atoms with E-state index >= 15 is 0 Å². The number of benzene rings is 1. The van der Waals surface area contributed by atoms with Gasteiger partial charge in [-0.1, -0.05) is 17.7 Å². The zero-order valence-corrected chi connectivity index (χ0v) is 13.7. The molecule has 0 aliphatic carbocycles. The fourth-order valence-corrected chi connectivity index (χ4v) is 3.36. The van der Waals surface area contributed by atoms with E-state index in [1.165, 1.54) is 23.3 Å². The first-order chi connectivity index (χ1) is 10.2. The molecule has 1 saturated heterocycles. The van der Waals surface area contributed by atoms with Crippen LogP contribution < -0.4 is 10.6 Å². The fraction of sp³-hybridized carbons (Fsp3) is 0.588.